The number of hydrogen-bond acceptors (Lipinski definition) is 4. The number of amides is 4. The zero-order valence-electron chi connectivity index (χ0n) is 20.1. The lowest BCUT2D eigenvalue weighted by Crippen LogP contribution is -2.45. The van der Waals surface area contributed by atoms with Gasteiger partial charge < -0.3 is 20.5 Å². The first-order chi connectivity index (χ1) is 16.9. The van der Waals surface area contributed by atoms with E-state index in [1.165, 1.54) is 0 Å². The number of hydrogen-bond donors (Lipinski definition) is 3. The molecule has 182 valence electrons. The molecule has 1 spiro atoms. The Morgan fingerprint density at radius 3 is 2.51 bits per heavy atom. The summed E-state index contributed by atoms with van der Waals surface area (Å²) in [6, 6.07) is 15.9. The molecule has 8 heteroatoms. The van der Waals surface area contributed by atoms with Crippen LogP contribution < -0.4 is 15.5 Å². The average Bonchev–Trinajstić information content (AvgIpc) is 3.55. The lowest BCUT2D eigenvalue weighted by Gasteiger charge is -2.21. The van der Waals surface area contributed by atoms with Crippen molar-refractivity contribution in [3.8, 4) is 0 Å². The van der Waals surface area contributed by atoms with E-state index in [0.29, 0.717) is 19.4 Å². The van der Waals surface area contributed by atoms with Gasteiger partial charge in [0.15, 0.2) is 0 Å². The van der Waals surface area contributed by atoms with Gasteiger partial charge in [0.25, 0.3) is 5.91 Å². The van der Waals surface area contributed by atoms with Gasteiger partial charge in [0, 0.05) is 49.3 Å². The summed E-state index contributed by atoms with van der Waals surface area (Å²) in [5, 5.41) is 6.91. The Balaban J connectivity index is 1.34. The van der Waals surface area contributed by atoms with Crippen molar-refractivity contribution in [3.05, 3.63) is 65.9 Å². The fourth-order valence-electron chi connectivity index (χ4n) is 5.35. The summed E-state index contributed by atoms with van der Waals surface area (Å²) in [7, 11) is 4.00. The molecule has 35 heavy (non-hydrogen) atoms. The number of fused-ring (bicyclic) bond motifs is 1. The van der Waals surface area contributed by atoms with Gasteiger partial charge in [-0.2, -0.15) is 0 Å². The number of aromatic amines is 1. The molecule has 3 aromatic rings. The third-order valence-electron chi connectivity index (χ3n) is 7.32. The average molecular weight is 474 g/mol. The van der Waals surface area contributed by atoms with E-state index >= 15 is 0 Å². The molecule has 2 aromatic carbocycles. The smallest absolute Gasteiger partial charge is 0.325 e. The predicted molar refractivity (Wildman–Crippen MR) is 135 cm³/mol. The van der Waals surface area contributed by atoms with Crippen molar-refractivity contribution < 1.29 is 14.4 Å². The first kappa shape index (κ1) is 23.0. The molecular formula is C27H31N5O3. The molecule has 2 heterocycles. The van der Waals surface area contributed by atoms with Crippen molar-refractivity contribution in [2.75, 3.05) is 32.1 Å². The van der Waals surface area contributed by atoms with Crippen molar-refractivity contribution in [1.82, 2.24) is 20.5 Å². The number of carbonyl (C=O) groups excluding carboxylic acids is 3. The lowest BCUT2D eigenvalue weighted by molar-refractivity contribution is -0.134. The summed E-state index contributed by atoms with van der Waals surface area (Å²) in [6.07, 6.45) is 5.08. The number of aromatic nitrogens is 1. The van der Waals surface area contributed by atoms with Gasteiger partial charge in [-0.25, -0.2) is 4.79 Å². The Morgan fingerprint density at radius 1 is 1.09 bits per heavy atom. The summed E-state index contributed by atoms with van der Waals surface area (Å²) in [5.74, 6) is -0.725. The van der Waals surface area contributed by atoms with Crippen molar-refractivity contribution >= 4 is 34.4 Å². The maximum absolute atomic E-state index is 12.9. The number of para-hydroxylation sites is 1. The number of rotatable bonds is 7. The fraction of sp³-hybridized carbons (Fsp3) is 0.370. The third kappa shape index (κ3) is 4.24. The molecule has 2 fully saturated rings. The van der Waals surface area contributed by atoms with Crippen LogP contribution >= 0.6 is 0 Å². The minimum absolute atomic E-state index is 0.101. The van der Waals surface area contributed by atoms with Gasteiger partial charge in [-0.15, -0.1) is 0 Å². The van der Waals surface area contributed by atoms with E-state index in [2.05, 4.69) is 45.9 Å². The van der Waals surface area contributed by atoms with E-state index < -0.39 is 11.6 Å². The Morgan fingerprint density at radius 2 is 1.80 bits per heavy atom. The van der Waals surface area contributed by atoms with Crippen LogP contribution in [0, 0.1) is 0 Å². The SMILES string of the molecule is CN(C)c1ccc([C@H](CNC(=O)CN2C(=O)NC3(CCCC3)C2=O)c2c[nH]c3ccccc23)cc1. The predicted octanol–water partition coefficient (Wildman–Crippen LogP) is 3.35. The highest BCUT2D eigenvalue weighted by Gasteiger charge is 2.52. The second-order valence-electron chi connectivity index (χ2n) is 9.74. The normalized spacial score (nSPS) is 17.7. The van der Waals surface area contributed by atoms with Crippen LogP contribution in [-0.2, 0) is 9.59 Å². The summed E-state index contributed by atoms with van der Waals surface area (Å²) in [6.45, 7) is 0.0728. The Kier molecular flexibility index (Phi) is 5.96. The molecule has 0 unspecified atom stereocenters. The molecule has 1 aliphatic carbocycles. The molecule has 1 saturated heterocycles. The molecule has 1 atom stereocenters. The van der Waals surface area contributed by atoms with Crippen LogP contribution in [0.15, 0.2) is 54.7 Å². The largest absolute Gasteiger partial charge is 0.378 e. The van der Waals surface area contributed by atoms with E-state index in [0.717, 1.165) is 45.5 Å². The minimum Gasteiger partial charge on any atom is -0.378 e. The van der Waals surface area contributed by atoms with Crippen LogP contribution in [0.25, 0.3) is 10.9 Å². The number of anilines is 1. The number of imide groups is 1. The van der Waals surface area contributed by atoms with E-state index in [-0.39, 0.29) is 24.3 Å². The van der Waals surface area contributed by atoms with Crippen molar-refractivity contribution in [2.45, 2.75) is 37.1 Å². The van der Waals surface area contributed by atoms with Crippen LogP contribution in [0.4, 0.5) is 10.5 Å². The molecule has 5 rings (SSSR count). The maximum Gasteiger partial charge on any atom is 0.325 e. The number of H-pyrrole nitrogens is 1. The van der Waals surface area contributed by atoms with Gasteiger partial charge in [-0.3, -0.25) is 14.5 Å². The zero-order chi connectivity index (χ0) is 24.6. The topological polar surface area (TPSA) is 97.5 Å². The van der Waals surface area contributed by atoms with E-state index in [1.54, 1.807) is 0 Å². The van der Waals surface area contributed by atoms with Crippen molar-refractivity contribution in [2.24, 2.45) is 0 Å². The number of nitrogens with zero attached hydrogens (tertiary/aromatic N) is 2. The number of benzene rings is 2. The van der Waals surface area contributed by atoms with Crippen LogP contribution in [0.2, 0.25) is 0 Å². The van der Waals surface area contributed by atoms with Gasteiger partial charge in [-0.05, 0) is 42.2 Å². The molecule has 1 aliphatic heterocycles. The van der Waals surface area contributed by atoms with Gasteiger partial charge in [0.05, 0.1) is 0 Å². The Labute approximate surface area is 204 Å². The molecule has 0 bridgehead atoms. The monoisotopic (exact) mass is 473 g/mol. The van der Waals surface area contributed by atoms with Gasteiger partial charge in [0.1, 0.15) is 12.1 Å². The highest BCUT2D eigenvalue weighted by Crippen LogP contribution is 2.35. The molecule has 0 radical (unpaired) electrons. The minimum atomic E-state index is -0.807. The Bertz CT molecular complexity index is 1260. The lowest BCUT2D eigenvalue weighted by atomic mass is 9.90. The zero-order valence-corrected chi connectivity index (χ0v) is 20.1. The summed E-state index contributed by atoms with van der Waals surface area (Å²) in [4.78, 5) is 44.7. The number of carbonyl (C=O) groups is 3. The molecule has 2 aliphatic rings. The number of nitrogens with one attached hydrogen (secondary N) is 3. The first-order valence-electron chi connectivity index (χ1n) is 12.1. The summed E-state index contributed by atoms with van der Waals surface area (Å²) in [5.41, 5.74) is 3.47. The van der Waals surface area contributed by atoms with Crippen LogP contribution in [0.1, 0.15) is 42.7 Å². The summed E-state index contributed by atoms with van der Waals surface area (Å²) >= 11 is 0. The second-order valence-corrected chi connectivity index (χ2v) is 9.74. The van der Waals surface area contributed by atoms with Crippen LogP contribution in [0.3, 0.4) is 0 Å². The van der Waals surface area contributed by atoms with E-state index in [1.807, 2.05) is 43.4 Å². The number of urea groups is 1. The maximum atomic E-state index is 12.9. The molecule has 1 saturated carbocycles. The van der Waals surface area contributed by atoms with E-state index in [4.69, 9.17) is 0 Å². The molecule has 1 aromatic heterocycles. The first-order valence-corrected chi connectivity index (χ1v) is 12.1. The summed E-state index contributed by atoms with van der Waals surface area (Å²) < 4.78 is 0. The highest BCUT2D eigenvalue weighted by molar-refractivity contribution is 6.09. The molecular weight excluding hydrogens is 442 g/mol. The fourth-order valence-corrected chi connectivity index (χ4v) is 5.35. The van der Waals surface area contributed by atoms with Gasteiger partial charge in [0.2, 0.25) is 5.91 Å². The van der Waals surface area contributed by atoms with Crippen molar-refractivity contribution in [3.63, 3.8) is 0 Å². The molecule has 3 N–H and O–H groups in total. The van der Waals surface area contributed by atoms with Crippen molar-refractivity contribution in [1.29, 1.82) is 0 Å². The molecule has 8 nitrogen and oxygen atoms in total. The van der Waals surface area contributed by atoms with Crippen LogP contribution in [0.5, 0.6) is 0 Å². The second kappa shape index (κ2) is 9.09. The van der Waals surface area contributed by atoms with Gasteiger partial charge in [-0.1, -0.05) is 43.2 Å². The molecule has 4 amide bonds. The van der Waals surface area contributed by atoms with Crippen LogP contribution in [-0.4, -0.2) is 60.5 Å². The quantitative estimate of drug-likeness (QED) is 0.459. The van der Waals surface area contributed by atoms with Gasteiger partial charge >= 0.3 is 6.03 Å². The highest BCUT2D eigenvalue weighted by atomic mass is 16.2. The Hall–Kier alpha value is -3.81. The standard InChI is InChI=1S/C27H31N5O3/c1-31(2)19-11-9-18(10-12-19)21(22-16-28-23-8-4-3-7-20(22)23)15-29-24(33)17-32-25(34)27(30-26(32)35)13-5-6-14-27/h3-4,7-12,16,21,28H,5-6,13-15,17H2,1-2H3,(H,29,33)(H,30,35)/t21-/m0/s1. The third-order valence-corrected chi connectivity index (χ3v) is 7.32. The van der Waals surface area contributed by atoms with E-state index in [9.17, 15) is 14.4 Å².